The third-order valence-electron chi connectivity index (χ3n) is 3.17. The predicted octanol–water partition coefficient (Wildman–Crippen LogP) is 3.28. The Morgan fingerprint density at radius 3 is 3.12 bits per heavy atom. The van der Waals surface area contributed by atoms with Gasteiger partial charge in [0.1, 0.15) is 0 Å². The number of nitrogens with zero attached hydrogens (tertiary/aromatic N) is 1. The number of ether oxygens (including phenoxy) is 1. The molecule has 0 spiro atoms. The fraction of sp³-hybridized carbons (Fsp3) is 0.462. The second-order valence-corrected chi connectivity index (χ2v) is 5.50. The average Bonchev–Trinajstić information content (AvgIpc) is 2.97. The zero-order chi connectivity index (χ0) is 11.7. The summed E-state index contributed by atoms with van der Waals surface area (Å²) in [5.74, 6) is 0. The minimum atomic E-state index is 0.332. The lowest BCUT2D eigenvalue weighted by Gasteiger charge is -2.19. The zero-order valence-electron chi connectivity index (χ0n) is 9.85. The molecule has 1 saturated heterocycles. The number of fused-ring (bicyclic) bond motifs is 1. The van der Waals surface area contributed by atoms with Gasteiger partial charge >= 0.3 is 0 Å². The minimum Gasteiger partial charge on any atom is -0.376 e. The second kappa shape index (κ2) is 4.63. The quantitative estimate of drug-likeness (QED) is 0.905. The lowest BCUT2D eigenvalue weighted by atomic mass is 10.1. The molecule has 90 valence electrons. The topological polar surface area (TPSA) is 34.2 Å². The molecule has 0 radical (unpaired) electrons. The fourth-order valence-corrected chi connectivity index (χ4v) is 3.18. The minimum absolute atomic E-state index is 0.332. The highest BCUT2D eigenvalue weighted by molar-refractivity contribution is 7.22. The first kappa shape index (κ1) is 11.0. The first-order valence-electron chi connectivity index (χ1n) is 6.06. The molecule has 0 bridgehead atoms. The molecule has 1 aliphatic rings. The van der Waals surface area contributed by atoms with Crippen molar-refractivity contribution in [3.63, 3.8) is 0 Å². The molecule has 1 aromatic heterocycles. The van der Waals surface area contributed by atoms with Crippen molar-refractivity contribution in [1.82, 2.24) is 4.98 Å². The summed E-state index contributed by atoms with van der Waals surface area (Å²) in [6.45, 7) is 3.07. The first-order valence-corrected chi connectivity index (χ1v) is 6.88. The SMILES string of the molecule is CC(Nc1nc2ccccc2s1)C1CCCO1. The van der Waals surface area contributed by atoms with E-state index in [1.807, 2.05) is 18.2 Å². The van der Waals surface area contributed by atoms with Crippen LogP contribution in [0.15, 0.2) is 24.3 Å². The zero-order valence-corrected chi connectivity index (χ0v) is 10.7. The van der Waals surface area contributed by atoms with Gasteiger partial charge in [-0.3, -0.25) is 0 Å². The molecule has 2 aromatic rings. The van der Waals surface area contributed by atoms with Crippen LogP contribution in [0.5, 0.6) is 0 Å². The second-order valence-electron chi connectivity index (χ2n) is 4.47. The maximum absolute atomic E-state index is 5.68. The number of aromatic nitrogens is 1. The summed E-state index contributed by atoms with van der Waals surface area (Å²) in [6.07, 6.45) is 2.66. The number of hydrogen-bond donors (Lipinski definition) is 1. The van der Waals surface area contributed by atoms with Gasteiger partial charge in [0.05, 0.1) is 22.4 Å². The summed E-state index contributed by atoms with van der Waals surface area (Å²) in [4.78, 5) is 4.58. The van der Waals surface area contributed by atoms with Crippen LogP contribution in [-0.2, 0) is 4.74 Å². The number of benzene rings is 1. The maximum Gasteiger partial charge on any atom is 0.184 e. The van der Waals surface area contributed by atoms with Crippen LogP contribution in [0.3, 0.4) is 0 Å². The van der Waals surface area contributed by atoms with Crippen molar-refractivity contribution >= 4 is 26.7 Å². The van der Waals surface area contributed by atoms with E-state index < -0.39 is 0 Å². The molecule has 1 aromatic carbocycles. The van der Waals surface area contributed by atoms with E-state index in [0.717, 1.165) is 23.7 Å². The molecule has 4 heteroatoms. The van der Waals surface area contributed by atoms with E-state index in [9.17, 15) is 0 Å². The first-order chi connectivity index (χ1) is 8.33. The number of thiazole rings is 1. The van der Waals surface area contributed by atoms with Gasteiger partial charge in [0.25, 0.3) is 0 Å². The summed E-state index contributed by atoms with van der Waals surface area (Å²) < 4.78 is 6.91. The van der Waals surface area contributed by atoms with Crippen LogP contribution < -0.4 is 5.32 Å². The molecule has 3 nitrogen and oxygen atoms in total. The van der Waals surface area contributed by atoms with E-state index in [2.05, 4.69) is 23.3 Å². The summed E-state index contributed by atoms with van der Waals surface area (Å²) >= 11 is 1.71. The van der Waals surface area contributed by atoms with Gasteiger partial charge in [0, 0.05) is 6.61 Å². The average molecular weight is 248 g/mol. The fourth-order valence-electron chi connectivity index (χ4n) is 2.22. The monoisotopic (exact) mass is 248 g/mol. The van der Waals surface area contributed by atoms with Crippen LogP contribution >= 0.6 is 11.3 Å². The molecule has 2 heterocycles. The molecular formula is C13H16N2OS. The molecule has 2 atom stereocenters. The van der Waals surface area contributed by atoms with Gasteiger partial charge in [0.15, 0.2) is 5.13 Å². The highest BCUT2D eigenvalue weighted by Crippen LogP contribution is 2.27. The van der Waals surface area contributed by atoms with Crippen LogP contribution in [0.1, 0.15) is 19.8 Å². The smallest absolute Gasteiger partial charge is 0.184 e. The van der Waals surface area contributed by atoms with E-state index >= 15 is 0 Å². The Bertz CT molecular complexity index is 472. The Morgan fingerprint density at radius 1 is 1.47 bits per heavy atom. The van der Waals surface area contributed by atoms with E-state index in [-0.39, 0.29) is 0 Å². The van der Waals surface area contributed by atoms with Crippen molar-refractivity contribution in [2.24, 2.45) is 0 Å². The highest BCUT2D eigenvalue weighted by atomic mass is 32.1. The summed E-state index contributed by atoms with van der Waals surface area (Å²) in [5, 5.41) is 4.45. The molecular weight excluding hydrogens is 232 g/mol. The molecule has 1 N–H and O–H groups in total. The van der Waals surface area contributed by atoms with Crippen molar-refractivity contribution in [1.29, 1.82) is 0 Å². The van der Waals surface area contributed by atoms with Gasteiger partial charge in [-0.1, -0.05) is 23.5 Å². The molecule has 2 unspecified atom stereocenters. The molecule has 0 amide bonds. The van der Waals surface area contributed by atoms with E-state index in [1.165, 1.54) is 11.1 Å². The normalized spacial score (nSPS) is 21.8. The standard InChI is InChI=1S/C13H16N2OS/c1-9(11-6-4-8-16-11)14-13-15-10-5-2-3-7-12(10)17-13/h2-3,5,7,9,11H,4,6,8H2,1H3,(H,14,15). The predicted molar refractivity (Wildman–Crippen MR) is 71.7 cm³/mol. The Morgan fingerprint density at radius 2 is 2.35 bits per heavy atom. The van der Waals surface area contributed by atoms with E-state index in [4.69, 9.17) is 4.74 Å². The molecule has 1 aliphatic heterocycles. The highest BCUT2D eigenvalue weighted by Gasteiger charge is 2.22. The molecule has 0 saturated carbocycles. The lowest BCUT2D eigenvalue weighted by Crippen LogP contribution is -2.29. The van der Waals surface area contributed by atoms with Gasteiger partial charge < -0.3 is 10.1 Å². The number of para-hydroxylation sites is 1. The Balaban J connectivity index is 1.75. The van der Waals surface area contributed by atoms with Crippen LogP contribution in [0.25, 0.3) is 10.2 Å². The van der Waals surface area contributed by atoms with Crippen LogP contribution in [0.2, 0.25) is 0 Å². The Labute approximate surface area is 105 Å². The molecule has 3 rings (SSSR count). The van der Waals surface area contributed by atoms with Gasteiger partial charge in [-0.05, 0) is 31.9 Å². The third kappa shape index (κ3) is 2.28. The Kier molecular flexibility index (Phi) is 2.99. The van der Waals surface area contributed by atoms with Gasteiger partial charge in [0.2, 0.25) is 0 Å². The largest absolute Gasteiger partial charge is 0.376 e. The van der Waals surface area contributed by atoms with Crippen LogP contribution in [-0.4, -0.2) is 23.7 Å². The number of rotatable bonds is 3. The van der Waals surface area contributed by atoms with Crippen molar-refractivity contribution < 1.29 is 4.74 Å². The molecule has 17 heavy (non-hydrogen) atoms. The lowest BCUT2D eigenvalue weighted by molar-refractivity contribution is 0.0996. The van der Waals surface area contributed by atoms with Crippen molar-refractivity contribution in [3.8, 4) is 0 Å². The van der Waals surface area contributed by atoms with E-state index in [1.54, 1.807) is 11.3 Å². The summed E-state index contributed by atoms with van der Waals surface area (Å²) in [6, 6.07) is 8.56. The third-order valence-corrected chi connectivity index (χ3v) is 4.14. The van der Waals surface area contributed by atoms with Crippen LogP contribution in [0.4, 0.5) is 5.13 Å². The molecule has 1 fully saturated rings. The van der Waals surface area contributed by atoms with Gasteiger partial charge in [-0.15, -0.1) is 0 Å². The number of anilines is 1. The van der Waals surface area contributed by atoms with Crippen molar-refractivity contribution in [2.45, 2.75) is 31.9 Å². The summed E-state index contributed by atoms with van der Waals surface area (Å²) in [5.41, 5.74) is 1.07. The van der Waals surface area contributed by atoms with Gasteiger partial charge in [-0.25, -0.2) is 4.98 Å². The van der Waals surface area contributed by atoms with Crippen LogP contribution in [0, 0.1) is 0 Å². The van der Waals surface area contributed by atoms with Crippen molar-refractivity contribution in [2.75, 3.05) is 11.9 Å². The summed E-state index contributed by atoms with van der Waals surface area (Å²) in [7, 11) is 0. The van der Waals surface area contributed by atoms with Crippen molar-refractivity contribution in [3.05, 3.63) is 24.3 Å². The molecule has 0 aliphatic carbocycles. The number of hydrogen-bond acceptors (Lipinski definition) is 4. The maximum atomic E-state index is 5.68. The van der Waals surface area contributed by atoms with Gasteiger partial charge in [-0.2, -0.15) is 0 Å². The van der Waals surface area contributed by atoms with E-state index in [0.29, 0.717) is 12.1 Å². The Hall–Kier alpha value is -1.13. The number of nitrogens with one attached hydrogen (secondary N) is 1.